The highest BCUT2D eigenvalue weighted by molar-refractivity contribution is 5.94. The third kappa shape index (κ3) is 4.02. The fourth-order valence-electron chi connectivity index (χ4n) is 1.22. The highest BCUT2D eigenvalue weighted by Crippen LogP contribution is 2.18. The van der Waals surface area contributed by atoms with E-state index in [1.807, 2.05) is 40.8 Å². The van der Waals surface area contributed by atoms with E-state index in [0.29, 0.717) is 5.82 Å². The standard InChI is InChI=1S/C11H20N4O.ClH/c1-7-6-8(14-15(7)5)13-10(16)9(12)11(2,3)4;/h6,9H,12H2,1-5H3,(H,13,14,16);1H/t9-;/m1./s1. The molecule has 0 aromatic carbocycles. The molecule has 1 aromatic rings. The van der Waals surface area contributed by atoms with E-state index >= 15 is 0 Å². The molecule has 1 amide bonds. The molecule has 0 aliphatic carbocycles. The predicted octanol–water partition coefficient (Wildman–Crippen LogP) is 1.46. The van der Waals surface area contributed by atoms with Gasteiger partial charge in [-0.3, -0.25) is 9.48 Å². The van der Waals surface area contributed by atoms with Crippen LogP contribution in [0.5, 0.6) is 0 Å². The average Bonchev–Trinajstić information content (AvgIpc) is 2.43. The number of anilines is 1. The topological polar surface area (TPSA) is 72.9 Å². The van der Waals surface area contributed by atoms with Crippen LogP contribution in [0.25, 0.3) is 0 Å². The van der Waals surface area contributed by atoms with Gasteiger partial charge in [0.1, 0.15) is 0 Å². The van der Waals surface area contributed by atoms with Gasteiger partial charge in [-0.2, -0.15) is 5.10 Å². The Bertz CT molecular complexity index is 375. The molecule has 98 valence electrons. The SMILES string of the molecule is Cc1cc(NC(=O)[C@@H](N)C(C)(C)C)nn1C.Cl. The Kier molecular flexibility index (Phi) is 5.16. The first-order valence-corrected chi connectivity index (χ1v) is 5.29. The Morgan fingerprint density at radius 3 is 2.41 bits per heavy atom. The molecule has 1 aromatic heterocycles. The maximum absolute atomic E-state index is 11.8. The highest BCUT2D eigenvalue weighted by Gasteiger charge is 2.27. The molecule has 1 rings (SSSR count). The van der Waals surface area contributed by atoms with Crippen molar-refractivity contribution in [3.05, 3.63) is 11.8 Å². The summed E-state index contributed by atoms with van der Waals surface area (Å²) in [5.74, 6) is 0.343. The Labute approximate surface area is 108 Å². The zero-order valence-electron chi connectivity index (χ0n) is 10.9. The molecule has 0 saturated heterocycles. The quantitative estimate of drug-likeness (QED) is 0.846. The number of carbonyl (C=O) groups is 1. The number of amides is 1. The fraction of sp³-hybridized carbons (Fsp3) is 0.636. The van der Waals surface area contributed by atoms with Crippen LogP contribution in [-0.2, 0) is 11.8 Å². The lowest BCUT2D eigenvalue weighted by molar-refractivity contribution is -0.119. The Morgan fingerprint density at radius 2 is 2.06 bits per heavy atom. The number of nitrogens with one attached hydrogen (secondary N) is 1. The van der Waals surface area contributed by atoms with Crippen LogP contribution in [0.15, 0.2) is 6.07 Å². The van der Waals surface area contributed by atoms with Gasteiger partial charge in [-0.25, -0.2) is 0 Å². The first-order valence-electron chi connectivity index (χ1n) is 5.29. The van der Waals surface area contributed by atoms with E-state index in [0.717, 1.165) is 5.69 Å². The maximum Gasteiger partial charge on any atom is 0.243 e. The monoisotopic (exact) mass is 260 g/mol. The lowest BCUT2D eigenvalue weighted by atomic mass is 9.87. The largest absolute Gasteiger partial charge is 0.319 e. The normalized spacial score (nSPS) is 12.8. The highest BCUT2D eigenvalue weighted by atomic mass is 35.5. The minimum absolute atomic E-state index is 0. The molecule has 1 atom stereocenters. The summed E-state index contributed by atoms with van der Waals surface area (Å²) in [6.07, 6.45) is 0. The molecule has 0 spiro atoms. The zero-order chi connectivity index (χ0) is 12.5. The number of hydrogen-bond donors (Lipinski definition) is 2. The lowest BCUT2D eigenvalue weighted by Crippen LogP contribution is -2.45. The molecule has 0 saturated carbocycles. The van der Waals surface area contributed by atoms with E-state index in [9.17, 15) is 4.79 Å². The van der Waals surface area contributed by atoms with Crippen molar-refractivity contribution in [1.82, 2.24) is 9.78 Å². The summed E-state index contributed by atoms with van der Waals surface area (Å²) < 4.78 is 1.71. The molecule has 3 N–H and O–H groups in total. The van der Waals surface area contributed by atoms with E-state index in [4.69, 9.17) is 5.73 Å². The predicted molar refractivity (Wildman–Crippen MR) is 71.3 cm³/mol. The summed E-state index contributed by atoms with van der Waals surface area (Å²) >= 11 is 0. The Morgan fingerprint density at radius 1 is 1.53 bits per heavy atom. The van der Waals surface area contributed by atoms with Gasteiger partial charge in [-0.1, -0.05) is 20.8 Å². The summed E-state index contributed by atoms with van der Waals surface area (Å²) in [6.45, 7) is 7.72. The van der Waals surface area contributed by atoms with Crippen LogP contribution in [0.2, 0.25) is 0 Å². The fourth-order valence-corrected chi connectivity index (χ4v) is 1.22. The second kappa shape index (κ2) is 5.51. The first-order chi connectivity index (χ1) is 7.21. The van der Waals surface area contributed by atoms with Crippen LogP contribution in [-0.4, -0.2) is 21.7 Å². The van der Waals surface area contributed by atoms with Crippen LogP contribution >= 0.6 is 12.4 Å². The van der Waals surface area contributed by atoms with Gasteiger partial charge in [0.2, 0.25) is 5.91 Å². The third-order valence-electron chi connectivity index (χ3n) is 2.58. The van der Waals surface area contributed by atoms with Gasteiger partial charge < -0.3 is 11.1 Å². The number of halogens is 1. The van der Waals surface area contributed by atoms with Gasteiger partial charge in [0, 0.05) is 18.8 Å². The van der Waals surface area contributed by atoms with Gasteiger partial charge in [-0.05, 0) is 12.3 Å². The minimum atomic E-state index is -0.546. The van der Waals surface area contributed by atoms with Crippen molar-refractivity contribution in [2.75, 3.05) is 5.32 Å². The molecule has 6 heteroatoms. The van der Waals surface area contributed by atoms with Crippen molar-refractivity contribution in [2.45, 2.75) is 33.7 Å². The summed E-state index contributed by atoms with van der Waals surface area (Å²) in [6, 6.07) is 1.27. The average molecular weight is 261 g/mol. The number of aryl methyl sites for hydroxylation is 2. The van der Waals surface area contributed by atoms with Gasteiger partial charge >= 0.3 is 0 Å². The van der Waals surface area contributed by atoms with Crippen molar-refractivity contribution >= 4 is 24.1 Å². The second-order valence-corrected chi connectivity index (χ2v) is 5.13. The van der Waals surface area contributed by atoms with Crippen molar-refractivity contribution in [3.63, 3.8) is 0 Å². The van der Waals surface area contributed by atoms with Crippen LogP contribution in [0, 0.1) is 12.3 Å². The molecule has 0 unspecified atom stereocenters. The molecule has 0 aliphatic heterocycles. The Hall–Kier alpha value is -1.07. The van der Waals surface area contributed by atoms with Crippen molar-refractivity contribution in [1.29, 1.82) is 0 Å². The van der Waals surface area contributed by atoms with Gasteiger partial charge in [0.05, 0.1) is 6.04 Å². The molecule has 1 heterocycles. The van der Waals surface area contributed by atoms with Gasteiger partial charge in [0.15, 0.2) is 5.82 Å². The summed E-state index contributed by atoms with van der Waals surface area (Å²) in [5, 5.41) is 6.86. The lowest BCUT2D eigenvalue weighted by Gasteiger charge is -2.25. The molecule has 0 aliphatic rings. The molecule has 0 radical (unpaired) electrons. The van der Waals surface area contributed by atoms with E-state index < -0.39 is 6.04 Å². The number of nitrogens with two attached hydrogens (primary N) is 1. The second-order valence-electron chi connectivity index (χ2n) is 5.13. The molecule has 17 heavy (non-hydrogen) atoms. The number of hydrogen-bond acceptors (Lipinski definition) is 3. The molecular formula is C11H21ClN4O. The maximum atomic E-state index is 11.8. The van der Waals surface area contributed by atoms with Crippen LogP contribution in [0.4, 0.5) is 5.82 Å². The summed E-state index contributed by atoms with van der Waals surface area (Å²) in [4.78, 5) is 11.8. The number of carbonyl (C=O) groups excluding carboxylic acids is 1. The summed E-state index contributed by atoms with van der Waals surface area (Å²) in [5.41, 5.74) is 6.57. The van der Waals surface area contributed by atoms with Gasteiger partial charge in [-0.15, -0.1) is 12.4 Å². The molecule has 0 bridgehead atoms. The number of nitrogens with zero attached hydrogens (tertiary/aromatic N) is 2. The third-order valence-corrected chi connectivity index (χ3v) is 2.58. The van der Waals surface area contributed by atoms with Crippen molar-refractivity contribution < 1.29 is 4.79 Å². The van der Waals surface area contributed by atoms with Crippen LogP contribution in [0.1, 0.15) is 26.5 Å². The molecule has 0 fully saturated rings. The van der Waals surface area contributed by atoms with E-state index in [2.05, 4.69) is 10.4 Å². The summed E-state index contributed by atoms with van der Waals surface area (Å²) in [7, 11) is 1.83. The van der Waals surface area contributed by atoms with Crippen LogP contribution < -0.4 is 11.1 Å². The Balaban J connectivity index is 0.00000256. The number of rotatable bonds is 2. The minimum Gasteiger partial charge on any atom is -0.319 e. The van der Waals surface area contributed by atoms with Crippen LogP contribution in [0.3, 0.4) is 0 Å². The zero-order valence-corrected chi connectivity index (χ0v) is 11.8. The van der Waals surface area contributed by atoms with Gasteiger partial charge in [0.25, 0.3) is 0 Å². The van der Waals surface area contributed by atoms with E-state index in [-0.39, 0.29) is 23.7 Å². The number of aromatic nitrogens is 2. The van der Waals surface area contributed by atoms with Crippen molar-refractivity contribution in [3.8, 4) is 0 Å². The van der Waals surface area contributed by atoms with E-state index in [1.165, 1.54) is 0 Å². The molecular weight excluding hydrogens is 240 g/mol. The first kappa shape index (κ1) is 15.9. The van der Waals surface area contributed by atoms with E-state index in [1.54, 1.807) is 4.68 Å². The molecule has 5 nitrogen and oxygen atoms in total. The smallest absolute Gasteiger partial charge is 0.243 e. The van der Waals surface area contributed by atoms with Crippen molar-refractivity contribution in [2.24, 2.45) is 18.2 Å².